The summed E-state index contributed by atoms with van der Waals surface area (Å²) in [6.07, 6.45) is 4.99. The summed E-state index contributed by atoms with van der Waals surface area (Å²) >= 11 is 0. The maximum Gasteiger partial charge on any atom is 0.414 e. The first-order valence-electron chi connectivity index (χ1n) is 11.2. The van der Waals surface area contributed by atoms with Gasteiger partial charge in [-0.3, -0.25) is 9.58 Å². The van der Waals surface area contributed by atoms with Crippen LogP contribution < -0.4 is 15.0 Å². The quantitative estimate of drug-likeness (QED) is 0.611. The third kappa shape index (κ3) is 3.84. The smallest absolute Gasteiger partial charge is 0.414 e. The van der Waals surface area contributed by atoms with E-state index in [1.807, 2.05) is 36.1 Å². The number of aromatic nitrogens is 2. The van der Waals surface area contributed by atoms with Crippen molar-refractivity contribution in [3.8, 4) is 22.6 Å². The monoisotopic (exact) mass is 450 g/mol. The number of fused-ring (bicyclic) bond motifs is 1. The molecule has 0 saturated carbocycles. The molecule has 3 aromatic rings. The van der Waals surface area contributed by atoms with Crippen LogP contribution >= 0.6 is 0 Å². The van der Waals surface area contributed by atoms with Crippen LogP contribution in [0, 0.1) is 5.82 Å². The molecule has 1 aromatic heterocycles. The molecular formula is C25H27FN4O3. The Labute approximate surface area is 192 Å². The van der Waals surface area contributed by atoms with E-state index in [0.717, 1.165) is 41.8 Å². The zero-order valence-electron chi connectivity index (χ0n) is 18.9. The number of amides is 1. The van der Waals surface area contributed by atoms with Crippen LogP contribution in [-0.4, -0.2) is 41.6 Å². The molecule has 0 bridgehead atoms. The number of rotatable bonds is 4. The fourth-order valence-corrected chi connectivity index (χ4v) is 4.59. The van der Waals surface area contributed by atoms with Gasteiger partial charge in [0.1, 0.15) is 17.3 Å². The van der Waals surface area contributed by atoms with Crippen molar-refractivity contribution in [2.75, 3.05) is 18.6 Å². The van der Waals surface area contributed by atoms with Crippen LogP contribution in [0.25, 0.3) is 11.1 Å². The first-order valence-corrected chi connectivity index (χ1v) is 11.2. The normalized spacial score (nSPS) is 21.8. The van der Waals surface area contributed by atoms with Crippen molar-refractivity contribution in [3.05, 3.63) is 60.2 Å². The number of methoxy groups -OCH3 is 1. The van der Waals surface area contributed by atoms with E-state index in [-0.39, 0.29) is 11.9 Å². The van der Waals surface area contributed by atoms with Crippen LogP contribution in [0.15, 0.2) is 48.8 Å². The second kappa shape index (κ2) is 8.51. The first kappa shape index (κ1) is 21.5. The van der Waals surface area contributed by atoms with Crippen LogP contribution in [0.5, 0.6) is 11.5 Å². The topological polar surface area (TPSA) is 68.6 Å². The van der Waals surface area contributed by atoms with Crippen molar-refractivity contribution in [1.29, 1.82) is 0 Å². The first-order chi connectivity index (χ1) is 16.0. The van der Waals surface area contributed by atoms with Crippen LogP contribution in [0.2, 0.25) is 0 Å². The summed E-state index contributed by atoms with van der Waals surface area (Å²) in [6.45, 7) is 5.03. The van der Waals surface area contributed by atoms with Crippen LogP contribution in [0.3, 0.4) is 0 Å². The molecule has 8 heteroatoms. The average molecular weight is 451 g/mol. The summed E-state index contributed by atoms with van der Waals surface area (Å²) in [7, 11) is 1.39. The summed E-state index contributed by atoms with van der Waals surface area (Å²) in [5.41, 5.74) is 3.50. The molecule has 0 spiro atoms. The minimum atomic E-state index is -0.400. The van der Waals surface area contributed by atoms with Gasteiger partial charge in [0.15, 0.2) is 0 Å². The molecule has 2 aliphatic heterocycles. The third-order valence-corrected chi connectivity index (χ3v) is 6.63. The molecule has 1 fully saturated rings. The van der Waals surface area contributed by atoms with Gasteiger partial charge in [-0.25, -0.2) is 9.18 Å². The van der Waals surface area contributed by atoms with Crippen molar-refractivity contribution in [1.82, 2.24) is 15.1 Å². The van der Waals surface area contributed by atoms with E-state index >= 15 is 0 Å². The van der Waals surface area contributed by atoms with Gasteiger partial charge in [0.25, 0.3) is 0 Å². The predicted molar refractivity (Wildman–Crippen MR) is 123 cm³/mol. The minimum Gasteiger partial charge on any atom is -0.456 e. The highest BCUT2D eigenvalue weighted by Crippen LogP contribution is 2.45. The highest BCUT2D eigenvalue weighted by molar-refractivity contribution is 5.92. The number of ether oxygens (including phenoxy) is 2. The van der Waals surface area contributed by atoms with E-state index in [1.165, 1.54) is 19.2 Å². The van der Waals surface area contributed by atoms with E-state index in [2.05, 4.69) is 17.3 Å². The fourth-order valence-electron chi connectivity index (χ4n) is 4.59. The summed E-state index contributed by atoms with van der Waals surface area (Å²) in [6, 6.07) is 10.5. The maximum absolute atomic E-state index is 13.5. The molecule has 172 valence electrons. The number of carbonyl (C=O) groups is 1. The second-order valence-corrected chi connectivity index (χ2v) is 8.70. The molecule has 3 heterocycles. The Morgan fingerprint density at radius 3 is 2.64 bits per heavy atom. The molecule has 2 aromatic carbocycles. The average Bonchev–Trinajstić information content (AvgIpc) is 3.27. The molecule has 7 nitrogen and oxygen atoms in total. The Kier molecular flexibility index (Phi) is 5.54. The summed E-state index contributed by atoms with van der Waals surface area (Å²) in [5, 5.41) is 7.95. The largest absolute Gasteiger partial charge is 0.456 e. The highest BCUT2D eigenvalue weighted by Gasteiger charge is 2.33. The molecule has 0 aliphatic carbocycles. The molecule has 1 amide bonds. The van der Waals surface area contributed by atoms with E-state index < -0.39 is 6.09 Å². The van der Waals surface area contributed by atoms with Gasteiger partial charge in [-0.2, -0.15) is 5.10 Å². The third-order valence-electron chi connectivity index (χ3n) is 6.63. The number of halogens is 1. The molecule has 2 aliphatic rings. The molecular weight excluding hydrogens is 423 g/mol. The molecule has 3 atom stereocenters. The summed E-state index contributed by atoms with van der Waals surface area (Å²) in [4.78, 5) is 14.2. The fraction of sp³-hybridized carbons (Fsp3) is 0.360. The SMILES string of the molecule is COC(=O)N1c2ccc(-c3cnn(C4CNC4C)c3)c(Oc3ccc(F)cc3)c2CC[C@@H]1C. The Hall–Kier alpha value is -3.39. The van der Waals surface area contributed by atoms with Gasteiger partial charge in [-0.15, -0.1) is 0 Å². The Morgan fingerprint density at radius 2 is 1.97 bits per heavy atom. The van der Waals surface area contributed by atoms with Gasteiger partial charge < -0.3 is 14.8 Å². The number of hydrogen-bond acceptors (Lipinski definition) is 5. The van der Waals surface area contributed by atoms with Crippen molar-refractivity contribution >= 4 is 11.8 Å². The minimum absolute atomic E-state index is 0.00447. The van der Waals surface area contributed by atoms with E-state index in [4.69, 9.17) is 9.47 Å². The number of anilines is 1. The lowest BCUT2D eigenvalue weighted by molar-refractivity contribution is 0.175. The number of carbonyl (C=O) groups excluding carboxylic acids is 1. The lowest BCUT2D eigenvalue weighted by Gasteiger charge is -2.35. The van der Waals surface area contributed by atoms with Crippen LogP contribution in [0.4, 0.5) is 14.9 Å². The number of nitrogens with zero attached hydrogens (tertiary/aromatic N) is 3. The zero-order valence-corrected chi connectivity index (χ0v) is 18.9. The van der Waals surface area contributed by atoms with Gasteiger partial charge in [0.2, 0.25) is 0 Å². The zero-order chi connectivity index (χ0) is 23.1. The van der Waals surface area contributed by atoms with Gasteiger partial charge in [-0.1, -0.05) is 0 Å². The summed E-state index contributed by atoms with van der Waals surface area (Å²) < 4.78 is 26.9. The Balaban J connectivity index is 1.61. The maximum atomic E-state index is 13.5. The second-order valence-electron chi connectivity index (χ2n) is 8.70. The van der Waals surface area contributed by atoms with E-state index in [1.54, 1.807) is 17.0 Å². The highest BCUT2D eigenvalue weighted by atomic mass is 19.1. The predicted octanol–water partition coefficient (Wildman–Crippen LogP) is 4.92. The molecule has 1 saturated heterocycles. The van der Waals surface area contributed by atoms with Crippen molar-refractivity contribution < 1.29 is 18.7 Å². The van der Waals surface area contributed by atoms with Crippen LogP contribution in [0.1, 0.15) is 31.9 Å². The number of hydrogen-bond donors (Lipinski definition) is 1. The van der Waals surface area contributed by atoms with E-state index in [9.17, 15) is 9.18 Å². The summed E-state index contributed by atoms with van der Waals surface area (Å²) in [5.74, 6) is 0.852. The number of benzene rings is 2. The van der Waals surface area contributed by atoms with Crippen molar-refractivity contribution in [3.63, 3.8) is 0 Å². The molecule has 1 N–H and O–H groups in total. The standard InChI is InChI=1S/C25H27FN4O3/c1-15-4-9-21-22(30(15)25(31)32-3)11-10-20(24(21)33-19-7-5-18(26)6-8-19)17-12-28-29(14-17)23-13-27-16(23)2/h5-8,10-12,14-16,23,27H,4,9,13H2,1-3H3/t15-,16?,23?/m0/s1. The number of nitrogens with one attached hydrogen (secondary N) is 1. The van der Waals surface area contributed by atoms with Crippen LogP contribution in [-0.2, 0) is 11.2 Å². The van der Waals surface area contributed by atoms with E-state index in [0.29, 0.717) is 23.6 Å². The van der Waals surface area contributed by atoms with Gasteiger partial charge >= 0.3 is 6.09 Å². The molecule has 0 radical (unpaired) electrons. The van der Waals surface area contributed by atoms with Gasteiger partial charge in [0, 0.05) is 41.5 Å². The molecule has 5 rings (SSSR count). The van der Waals surface area contributed by atoms with Gasteiger partial charge in [-0.05, 0) is 63.1 Å². The van der Waals surface area contributed by atoms with Gasteiger partial charge in [0.05, 0.1) is 25.0 Å². The Morgan fingerprint density at radius 1 is 1.18 bits per heavy atom. The lowest BCUT2D eigenvalue weighted by atomic mass is 9.92. The molecule has 33 heavy (non-hydrogen) atoms. The van der Waals surface area contributed by atoms with Crippen molar-refractivity contribution in [2.24, 2.45) is 0 Å². The Bertz CT molecular complexity index is 1180. The lowest BCUT2D eigenvalue weighted by Crippen LogP contribution is -2.51. The van der Waals surface area contributed by atoms with Crippen molar-refractivity contribution in [2.45, 2.75) is 44.8 Å². The molecule has 2 unspecified atom stereocenters.